The molecule has 1 heterocycles. The first-order chi connectivity index (χ1) is 20.0. The number of ether oxygens (including phenoxy) is 2. The summed E-state index contributed by atoms with van der Waals surface area (Å²) in [6.45, 7) is 2.06. The van der Waals surface area contributed by atoms with Crippen LogP contribution in [0.1, 0.15) is 22.7 Å². The minimum Gasteiger partial charge on any atom is -0.497 e. The number of aryl methyl sites for hydroxylation is 1. The Hall–Kier alpha value is -5.18. The van der Waals surface area contributed by atoms with Crippen molar-refractivity contribution in [1.82, 2.24) is 20.3 Å². The predicted molar refractivity (Wildman–Crippen MR) is 157 cm³/mol. The van der Waals surface area contributed by atoms with Gasteiger partial charge in [0.15, 0.2) is 0 Å². The molecule has 2 amide bonds. The van der Waals surface area contributed by atoms with Gasteiger partial charge in [0.1, 0.15) is 29.6 Å². The van der Waals surface area contributed by atoms with Crippen molar-refractivity contribution < 1.29 is 19.1 Å². The average molecular weight is 550 g/mol. The van der Waals surface area contributed by atoms with Gasteiger partial charge in [-0.05, 0) is 47.9 Å². The molecular formula is C32H31N5O4. The SMILES string of the molecule is COc1ccc(OC)c(N(C(=O)Cn2nnc3ccccc32)[C@H](C(=O)NCc2ccccc2)c2ccccc2C)c1. The first-order valence-electron chi connectivity index (χ1n) is 13.2. The van der Waals surface area contributed by atoms with E-state index < -0.39 is 6.04 Å². The second kappa shape index (κ2) is 12.3. The summed E-state index contributed by atoms with van der Waals surface area (Å²) in [5.74, 6) is 0.204. The van der Waals surface area contributed by atoms with Crippen molar-refractivity contribution in [2.24, 2.45) is 0 Å². The molecule has 0 saturated carbocycles. The maximum absolute atomic E-state index is 14.4. The Labute approximate surface area is 238 Å². The van der Waals surface area contributed by atoms with Crippen LogP contribution in [0.2, 0.25) is 0 Å². The van der Waals surface area contributed by atoms with Crippen LogP contribution in [-0.4, -0.2) is 41.0 Å². The van der Waals surface area contributed by atoms with Crippen LogP contribution in [0.5, 0.6) is 11.5 Å². The third-order valence-corrected chi connectivity index (χ3v) is 6.92. The average Bonchev–Trinajstić information content (AvgIpc) is 3.41. The molecule has 0 aliphatic heterocycles. The Kier molecular flexibility index (Phi) is 8.24. The van der Waals surface area contributed by atoms with Gasteiger partial charge in [-0.1, -0.05) is 71.9 Å². The molecule has 9 nitrogen and oxygen atoms in total. The summed E-state index contributed by atoms with van der Waals surface area (Å²) in [5.41, 5.74) is 4.25. The standard InChI is InChI=1S/C32H31N5O4/c1-22-11-7-8-14-25(22)31(32(39)33-20-23-12-5-4-6-13-23)37(28-19-24(40-2)17-18-29(28)41-3)30(38)21-36-27-16-10-9-15-26(27)34-35-36/h4-19,31H,20-21H2,1-3H3,(H,33,39)/t31-/m0/s1. The normalized spacial score (nSPS) is 11.6. The zero-order chi connectivity index (χ0) is 28.8. The maximum Gasteiger partial charge on any atom is 0.249 e. The number of carbonyl (C=O) groups is 2. The predicted octanol–water partition coefficient (Wildman–Crippen LogP) is 4.85. The summed E-state index contributed by atoms with van der Waals surface area (Å²) < 4.78 is 12.7. The number of benzene rings is 4. The van der Waals surface area contributed by atoms with Gasteiger partial charge in [-0.25, -0.2) is 4.68 Å². The summed E-state index contributed by atoms with van der Waals surface area (Å²) in [4.78, 5) is 30.0. The number of methoxy groups -OCH3 is 2. The molecule has 41 heavy (non-hydrogen) atoms. The van der Waals surface area contributed by atoms with Crippen LogP contribution in [-0.2, 0) is 22.7 Å². The van der Waals surface area contributed by atoms with Crippen molar-refractivity contribution in [1.29, 1.82) is 0 Å². The van der Waals surface area contributed by atoms with Crippen LogP contribution in [0.3, 0.4) is 0 Å². The smallest absolute Gasteiger partial charge is 0.249 e. The Morgan fingerprint density at radius 2 is 1.63 bits per heavy atom. The number of amides is 2. The summed E-state index contributed by atoms with van der Waals surface area (Å²) in [6, 6.07) is 28.7. The lowest BCUT2D eigenvalue weighted by Crippen LogP contribution is -2.45. The summed E-state index contributed by atoms with van der Waals surface area (Å²) >= 11 is 0. The van der Waals surface area contributed by atoms with Crippen molar-refractivity contribution >= 4 is 28.5 Å². The van der Waals surface area contributed by atoms with E-state index >= 15 is 0 Å². The molecular weight excluding hydrogens is 518 g/mol. The molecule has 1 atom stereocenters. The molecule has 4 aromatic carbocycles. The topological polar surface area (TPSA) is 98.6 Å². The molecule has 0 radical (unpaired) electrons. The zero-order valence-corrected chi connectivity index (χ0v) is 23.2. The second-order valence-corrected chi connectivity index (χ2v) is 9.50. The lowest BCUT2D eigenvalue weighted by molar-refractivity contribution is -0.127. The molecule has 0 fully saturated rings. The van der Waals surface area contributed by atoms with E-state index in [1.807, 2.05) is 85.8 Å². The van der Waals surface area contributed by atoms with Crippen LogP contribution in [0.4, 0.5) is 5.69 Å². The van der Waals surface area contributed by atoms with Crippen LogP contribution >= 0.6 is 0 Å². The fourth-order valence-corrected chi connectivity index (χ4v) is 4.81. The Morgan fingerprint density at radius 1 is 0.902 bits per heavy atom. The van der Waals surface area contributed by atoms with Crippen LogP contribution in [0, 0.1) is 6.92 Å². The van der Waals surface area contributed by atoms with E-state index in [4.69, 9.17) is 9.47 Å². The summed E-state index contributed by atoms with van der Waals surface area (Å²) in [6.07, 6.45) is 0. The number of fused-ring (bicyclic) bond motifs is 1. The third-order valence-electron chi connectivity index (χ3n) is 6.92. The van der Waals surface area contributed by atoms with Crippen LogP contribution < -0.4 is 19.7 Å². The lowest BCUT2D eigenvalue weighted by Gasteiger charge is -2.33. The van der Waals surface area contributed by atoms with Gasteiger partial charge in [0.05, 0.1) is 25.4 Å². The molecule has 0 aliphatic carbocycles. The minimum atomic E-state index is -1.02. The zero-order valence-electron chi connectivity index (χ0n) is 23.2. The molecule has 0 saturated heterocycles. The third kappa shape index (κ3) is 5.89. The molecule has 0 spiro atoms. The molecule has 5 rings (SSSR count). The first-order valence-corrected chi connectivity index (χ1v) is 13.2. The quantitative estimate of drug-likeness (QED) is 0.268. The van der Waals surface area contributed by atoms with E-state index in [0.29, 0.717) is 40.3 Å². The number of hydrogen-bond acceptors (Lipinski definition) is 6. The number of nitrogens with one attached hydrogen (secondary N) is 1. The van der Waals surface area contributed by atoms with Crippen molar-refractivity contribution in [3.63, 3.8) is 0 Å². The van der Waals surface area contributed by atoms with Gasteiger partial charge in [-0.15, -0.1) is 5.10 Å². The van der Waals surface area contributed by atoms with Gasteiger partial charge >= 0.3 is 0 Å². The number of para-hydroxylation sites is 1. The number of carbonyl (C=O) groups excluding carboxylic acids is 2. The molecule has 0 unspecified atom stereocenters. The fourth-order valence-electron chi connectivity index (χ4n) is 4.81. The van der Waals surface area contributed by atoms with Crippen molar-refractivity contribution in [2.45, 2.75) is 26.1 Å². The van der Waals surface area contributed by atoms with Gasteiger partial charge in [-0.3, -0.25) is 14.5 Å². The molecule has 1 aromatic heterocycles. The Balaban J connectivity index is 1.63. The lowest BCUT2D eigenvalue weighted by atomic mass is 9.97. The molecule has 0 bridgehead atoms. The number of aromatic nitrogens is 3. The van der Waals surface area contributed by atoms with Gasteiger partial charge in [-0.2, -0.15) is 0 Å². The van der Waals surface area contributed by atoms with Crippen LogP contribution in [0.25, 0.3) is 11.0 Å². The highest BCUT2D eigenvalue weighted by molar-refractivity contribution is 6.03. The van der Waals surface area contributed by atoms with Crippen molar-refractivity contribution in [2.75, 3.05) is 19.1 Å². The first kappa shape index (κ1) is 27.4. The summed E-state index contributed by atoms with van der Waals surface area (Å²) in [7, 11) is 3.07. The molecule has 5 aromatic rings. The minimum absolute atomic E-state index is 0.158. The fraction of sp³-hybridized carbons (Fsp3) is 0.188. The number of anilines is 1. The van der Waals surface area contributed by atoms with Gasteiger partial charge in [0.2, 0.25) is 11.8 Å². The highest BCUT2D eigenvalue weighted by Gasteiger charge is 2.36. The monoisotopic (exact) mass is 549 g/mol. The van der Waals surface area contributed by atoms with E-state index in [-0.39, 0.29) is 18.4 Å². The van der Waals surface area contributed by atoms with Gasteiger partial charge in [0, 0.05) is 12.6 Å². The molecule has 9 heteroatoms. The summed E-state index contributed by atoms with van der Waals surface area (Å²) in [5, 5.41) is 11.5. The maximum atomic E-state index is 14.4. The van der Waals surface area contributed by atoms with E-state index in [9.17, 15) is 9.59 Å². The Morgan fingerprint density at radius 3 is 2.39 bits per heavy atom. The van der Waals surface area contributed by atoms with E-state index in [2.05, 4.69) is 15.6 Å². The van der Waals surface area contributed by atoms with Gasteiger partial charge in [0.25, 0.3) is 0 Å². The molecule has 0 aliphatic rings. The van der Waals surface area contributed by atoms with Gasteiger partial charge < -0.3 is 14.8 Å². The number of nitrogens with zero attached hydrogens (tertiary/aromatic N) is 4. The van der Waals surface area contributed by atoms with E-state index in [1.165, 1.54) is 16.7 Å². The second-order valence-electron chi connectivity index (χ2n) is 9.50. The Bertz CT molecular complexity index is 1670. The number of rotatable bonds is 10. The van der Waals surface area contributed by atoms with Crippen molar-refractivity contribution in [3.8, 4) is 11.5 Å². The van der Waals surface area contributed by atoms with E-state index in [0.717, 1.165) is 11.1 Å². The highest BCUT2D eigenvalue weighted by Crippen LogP contribution is 2.38. The molecule has 208 valence electrons. The highest BCUT2D eigenvalue weighted by atomic mass is 16.5. The van der Waals surface area contributed by atoms with Crippen LogP contribution in [0.15, 0.2) is 97.1 Å². The van der Waals surface area contributed by atoms with Crippen molar-refractivity contribution in [3.05, 3.63) is 114 Å². The van der Waals surface area contributed by atoms with E-state index in [1.54, 1.807) is 25.3 Å². The molecule has 1 N–H and O–H groups in total. The number of hydrogen-bond donors (Lipinski definition) is 1. The largest absolute Gasteiger partial charge is 0.497 e.